The molecule has 0 aromatic heterocycles. The molecule has 14 heavy (non-hydrogen) atoms. The van der Waals surface area contributed by atoms with Gasteiger partial charge in [-0.2, -0.15) is 0 Å². The van der Waals surface area contributed by atoms with E-state index in [1.165, 1.54) is 30.8 Å². The van der Waals surface area contributed by atoms with Crippen molar-refractivity contribution >= 4 is 10.9 Å². The van der Waals surface area contributed by atoms with Crippen molar-refractivity contribution in [3.05, 3.63) is 11.4 Å². The monoisotopic (exact) mass is 216 g/mol. The van der Waals surface area contributed by atoms with Crippen LogP contribution in [-0.4, -0.2) is 17.1 Å². The average Bonchev–Trinajstić information content (AvgIpc) is 2.02. The maximum absolute atomic E-state index is 11.5. The fraction of sp³-hybridized carbons (Fsp3) is 0.818. The summed E-state index contributed by atoms with van der Waals surface area (Å²) in [5.74, 6) is 2.22. The lowest BCUT2D eigenvalue weighted by molar-refractivity contribution is -0.368. The molecule has 1 aliphatic heterocycles. The molecule has 0 aliphatic carbocycles. The van der Waals surface area contributed by atoms with Gasteiger partial charge >= 0.3 is 0 Å². The maximum atomic E-state index is 11.5. The number of hydrogen-bond acceptors (Lipinski definition) is 2. The predicted octanol–water partition coefficient (Wildman–Crippen LogP) is 1.76. The Balaban J connectivity index is 2.41. The zero-order valence-electron chi connectivity index (χ0n) is 9.34. The van der Waals surface area contributed by atoms with Gasteiger partial charge in [0.15, 0.2) is 0 Å². The lowest BCUT2D eigenvalue weighted by Gasteiger charge is -2.30. The van der Waals surface area contributed by atoms with E-state index in [4.69, 9.17) is 4.74 Å². The normalized spacial score (nSPS) is 20.9. The third-order valence-electron chi connectivity index (χ3n) is 1.98. The Labute approximate surface area is 89.7 Å². The topological polar surface area (TPSA) is 32.3 Å². The van der Waals surface area contributed by atoms with E-state index in [0.717, 1.165) is 0 Å². The molecule has 0 spiro atoms. The highest BCUT2D eigenvalue weighted by atomic mass is 32.2. The van der Waals surface area contributed by atoms with Crippen LogP contribution in [0, 0.1) is 0 Å². The highest BCUT2D eigenvalue weighted by Crippen LogP contribution is 2.17. The molecule has 82 valence electrons. The van der Waals surface area contributed by atoms with Gasteiger partial charge in [0, 0.05) is 16.5 Å². The van der Waals surface area contributed by atoms with E-state index < -0.39 is 0 Å². The second-order valence-electron chi connectivity index (χ2n) is 4.66. The van der Waals surface area contributed by atoms with E-state index in [1.54, 1.807) is 5.41 Å². The summed E-state index contributed by atoms with van der Waals surface area (Å²) in [6.07, 6.45) is 3.86. The molecule has 0 amide bonds. The van der Waals surface area contributed by atoms with Crippen LogP contribution < -0.4 is 5.11 Å². The second-order valence-corrected chi connectivity index (χ2v) is 6.78. The molecule has 1 aliphatic rings. The SMILES string of the molecule is CC(C)(C)O/C([O-])=C\[S+]1CCCCC1. The van der Waals surface area contributed by atoms with E-state index in [1.807, 2.05) is 20.8 Å². The Morgan fingerprint density at radius 2 is 1.79 bits per heavy atom. The third-order valence-corrected chi connectivity index (χ3v) is 4.13. The summed E-state index contributed by atoms with van der Waals surface area (Å²) in [5, 5.41) is 13.3. The van der Waals surface area contributed by atoms with Crippen molar-refractivity contribution in [1.82, 2.24) is 0 Å². The van der Waals surface area contributed by atoms with Gasteiger partial charge in [0.2, 0.25) is 0 Å². The molecule has 1 saturated heterocycles. The lowest BCUT2D eigenvalue weighted by atomic mass is 10.2. The largest absolute Gasteiger partial charge is 0.605 e. The molecule has 0 N–H and O–H groups in total. The summed E-state index contributed by atoms with van der Waals surface area (Å²) < 4.78 is 5.25. The Kier molecular flexibility index (Phi) is 4.17. The van der Waals surface area contributed by atoms with E-state index in [0.29, 0.717) is 0 Å². The molecule has 1 heterocycles. The van der Waals surface area contributed by atoms with E-state index in [-0.39, 0.29) is 22.4 Å². The van der Waals surface area contributed by atoms with Crippen LogP contribution in [0.25, 0.3) is 0 Å². The standard InChI is InChI=1S/C11H20O2S/c1-11(2,3)13-10(12)9-14-7-5-4-6-8-14/h9H,4-8H2,1-3H3/b10-9-. The molecule has 0 saturated carbocycles. The predicted molar refractivity (Wildman–Crippen MR) is 59.9 cm³/mol. The molecule has 0 bridgehead atoms. The Hall–Kier alpha value is -0.310. The highest BCUT2D eigenvalue weighted by Gasteiger charge is 2.19. The van der Waals surface area contributed by atoms with Crippen molar-refractivity contribution in [2.45, 2.75) is 45.6 Å². The van der Waals surface area contributed by atoms with Gasteiger partial charge in [0.25, 0.3) is 0 Å². The number of rotatable bonds is 2. The molecule has 0 atom stereocenters. The quantitative estimate of drug-likeness (QED) is 0.520. The first-order valence-corrected chi connectivity index (χ1v) is 6.84. The summed E-state index contributed by atoms with van der Waals surface area (Å²) in [4.78, 5) is 0. The summed E-state index contributed by atoms with van der Waals surface area (Å²) in [6.45, 7) is 5.72. The van der Waals surface area contributed by atoms with Crippen molar-refractivity contribution in [3.63, 3.8) is 0 Å². The molecule has 0 aromatic carbocycles. The van der Waals surface area contributed by atoms with Gasteiger partial charge in [-0.05, 0) is 19.3 Å². The minimum absolute atomic E-state index is 0.136. The van der Waals surface area contributed by atoms with Gasteiger partial charge in [-0.3, -0.25) is 0 Å². The van der Waals surface area contributed by atoms with E-state index >= 15 is 0 Å². The van der Waals surface area contributed by atoms with Gasteiger partial charge in [0.05, 0.1) is 0 Å². The zero-order chi connectivity index (χ0) is 10.6. The van der Waals surface area contributed by atoms with Gasteiger partial charge in [0.1, 0.15) is 22.9 Å². The van der Waals surface area contributed by atoms with Crippen molar-refractivity contribution in [2.75, 3.05) is 11.5 Å². The van der Waals surface area contributed by atoms with Crippen LogP contribution in [0.5, 0.6) is 0 Å². The number of hydrogen-bond donors (Lipinski definition) is 0. The third kappa shape index (κ3) is 4.80. The summed E-state index contributed by atoms with van der Waals surface area (Å²) in [6, 6.07) is 0. The second kappa shape index (κ2) is 4.96. The highest BCUT2D eigenvalue weighted by molar-refractivity contribution is 7.99. The van der Waals surface area contributed by atoms with Crippen LogP contribution in [0.3, 0.4) is 0 Å². The van der Waals surface area contributed by atoms with Crippen molar-refractivity contribution in [3.8, 4) is 0 Å². The number of ether oxygens (including phenoxy) is 1. The molecule has 0 unspecified atom stereocenters. The molecular weight excluding hydrogens is 196 g/mol. The van der Waals surface area contributed by atoms with E-state index in [9.17, 15) is 5.11 Å². The summed E-state index contributed by atoms with van der Waals surface area (Å²) in [7, 11) is 0.191. The average molecular weight is 216 g/mol. The van der Waals surface area contributed by atoms with Crippen LogP contribution >= 0.6 is 0 Å². The lowest BCUT2D eigenvalue weighted by Crippen LogP contribution is -2.25. The summed E-state index contributed by atoms with van der Waals surface area (Å²) >= 11 is 0. The molecule has 3 heteroatoms. The Morgan fingerprint density at radius 3 is 2.29 bits per heavy atom. The Morgan fingerprint density at radius 1 is 1.21 bits per heavy atom. The summed E-state index contributed by atoms with van der Waals surface area (Å²) in [5.41, 5.74) is -0.354. The van der Waals surface area contributed by atoms with Crippen LogP contribution in [0.1, 0.15) is 40.0 Å². The Bertz CT molecular complexity index is 200. The molecule has 1 rings (SSSR count). The molecular formula is C11H20O2S. The van der Waals surface area contributed by atoms with Crippen LogP contribution in [-0.2, 0) is 15.6 Å². The van der Waals surface area contributed by atoms with Gasteiger partial charge in [-0.1, -0.05) is 20.8 Å². The first-order valence-electron chi connectivity index (χ1n) is 5.21. The van der Waals surface area contributed by atoms with Crippen LogP contribution in [0.15, 0.2) is 11.4 Å². The van der Waals surface area contributed by atoms with Gasteiger partial charge < -0.3 is 9.84 Å². The zero-order valence-corrected chi connectivity index (χ0v) is 10.2. The fourth-order valence-electron chi connectivity index (χ4n) is 1.43. The van der Waals surface area contributed by atoms with Crippen LogP contribution in [0.2, 0.25) is 0 Å². The molecule has 1 fully saturated rings. The first kappa shape index (κ1) is 11.8. The van der Waals surface area contributed by atoms with Crippen molar-refractivity contribution < 1.29 is 9.84 Å². The first-order chi connectivity index (χ1) is 6.47. The van der Waals surface area contributed by atoms with Crippen LogP contribution in [0.4, 0.5) is 0 Å². The van der Waals surface area contributed by atoms with Gasteiger partial charge in [-0.25, -0.2) is 0 Å². The molecule has 0 radical (unpaired) electrons. The van der Waals surface area contributed by atoms with Crippen molar-refractivity contribution in [2.24, 2.45) is 0 Å². The minimum Gasteiger partial charge on any atom is -0.605 e. The smallest absolute Gasteiger partial charge is 0.141 e. The van der Waals surface area contributed by atoms with E-state index in [2.05, 4.69) is 0 Å². The van der Waals surface area contributed by atoms with Gasteiger partial charge in [-0.15, -0.1) is 0 Å². The van der Waals surface area contributed by atoms with Crippen molar-refractivity contribution in [1.29, 1.82) is 0 Å². The minimum atomic E-state index is -0.354. The maximum Gasteiger partial charge on any atom is 0.141 e. The fourth-order valence-corrected chi connectivity index (χ4v) is 3.34. The molecule has 0 aromatic rings. The molecule has 2 nitrogen and oxygen atoms in total.